The van der Waals surface area contributed by atoms with Gasteiger partial charge in [0.2, 0.25) is 0 Å². The average Bonchev–Trinajstić information content (AvgIpc) is 3.27. The van der Waals surface area contributed by atoms with Crippen LogP contribution in [0.5, 0.6) is 0 Å². The predicted molar refractivity (Wildman–Crippen MR) is 98.4 cm³/mol. The summed E-state index contributed by atoms with van der Waals surface area (Å²) in [5.74, 6) is 0.550. The second kappa shape index (κ2) is 8.01. The molecule has 0 aliphatic rings. The average molecular weight is 353 g/mol. The summed E-state index contributed by atoms with van der Waals surface area (Å²) in [6, 6.07) is 13.0. The van der Waals surface area contributed by atoms with Crippen LogP contribution < -0.4 is 5.32 Å². The number of carbonyl (C=O) groups excluding carboxylic acids is 1. The molecule has 6 heteroatoms. The highest BCUT2D eigenvalue weighted by Crippen LogP contribution is 2.13. The number of hydrogen-bond donors (Lipinski definition) is 2. The highest BCUT2D eigenvalue weighted by atomic mass is 16.3. The molecule has 3 rings (SSSR count). The van der Waals surface area contributed by atoms with Crippen LogP contribution in [0.1, 0.15) is 27.5 Å². The van der Waals surface area contributed by atoms with E-state index in [1.807, 2.05) is 48.9 Å². The fourth-order valence-corrected chi connectivity index (χ4v) is 2.90. The zero-order valence-electron chi connectivity index (χ0n) is 15.0. The van der Waals surface area contributed by atoms with Gasteiger partial charge < -0.3 is 14.8 Å². The van der Waals surface area contributed by atoms with Gasteiger partial charge in [-0.25, -0.2) is 4.68 Å². The van der Waals surface area contributed by atoms with E-state index in [1.165, 1.54) is 0 Å². The Hall–Kier alpha value is -2.86. The molecular weight excluding hydrogens is 330 g/mol. The Morgan fingerprint density at radius 2 is 2.04 bits per heavy atom. The molecule has 2 heterocycles. The minimum Gasteiger partial charge on any atom is -0.469 e. The fraction of sp³-hybridized carbons (Fsp3) is 0.300. The van der Waals surface area contributed by atoms with Crippen molar-refractivity contribution in [2.75, 3.05) is 13.2 Å². The number of rotatable bonds is 7. The van der Waals surface area contributed by atoms with Crippen LogP contribution in [0.25, 0.3) is 5.69 Å². The third-order valence-corrected chi connectivity index (χ3v) is 4.26. The zero-order valence-corrected chi connectivity index (χ0v) is 15.0. The maximum absolute atomic E-state index is 12.3. The first-order chi connectivity index (χ1) is 12.6. The van der Waals surface area contributed by atoms with Gasteiger partial charge in [-0.2, -0.15) is 5.10 Å². The SMILES string of the molecule is Cc1cc(C)n(-c2ccc(C(=O)NCC(CO)Cc3ccco3)cc2)n1. The number of aliphatic hydroxyl groups is 1. The summed E-state index contributed by atoms with van der Waals surface area (Å²) in [6.45, 7) is 4.31. The summed E-state index contributed by atoms with van der Waals surface area (Å²) >= 11 is 0. The lowest BCUT2D eigenvalue weighted by Gasteiger charge is -2.14. The highest BCUT2D eigenvalue weighted by Gasteiger charge is 2.13. The first-order valence-corrected chi connectivity index (χ1v) is 8.62. The molecule has 1 amide bonds. The monoisotopic (exact) mass is 353 g/mol. The van der Waals surface area contributed by atoms with Crippen molar-refractivity contribution in [3.8, 4) is 5.69 Å². The highest BCUT2D eigenvalue weighted by molar-refractivity contribution is 5.94. The Bertz CT molecular complexity index is 851. The molecular formula is C20H23N3O3. The van der Waals surface area contributed by atoms with Gasteiger partial charge in [0, 0.05) is 36.7 Å². The molecule has 0 saturated carbocycles. The van der Waals surface area contributed by atoms with Crippen molar-refractivity contribution in [3.63, 3.8) is 0 Å². The van der Waals surface area contributed by atoms with Crippen LogP contribution in [0.3, 0.4) is 0 Å². The maximum Gasteiger partial charge on any atom is 0.251 e. The van der Waals surface area contributed by atoms with Crippen LogP contribution in [-0.2, 0) is 6.42 Å². The maximum atomic E-state index is 12.3. The number of benzene rings is 1. The Morgan fingerprint density at radius 1 is 1.27 bits per heavy atom. The summed E-state index contributed by atoms with van der Waals surface area (Å²) in [5.41, 5.74) is 3.49. The third kappa shape index (κ3) is 4.21. The van der Waals surface area contributed by atoms with Crippen molar-refractivity contribution in [2.24, 2.45) is 5.92 Å². The Labute approximate surface area is 152 Å². The summed E-state index contributed by atoms with van der Waals surface area (Å²) in [4.78, 5) is 12.3. The fourth-order valence-electron chi connectivity index (χ4n) is 2.90. The molecule has 136 valence electrons. The van der Waals surface area contributed by atoms with E-state index in [0.717, 1.165) is 22.8 Å². The molecule has 2 aromatic heterocycles. The van der Waals surface area contributed by atoms with E-state index in [1.54, 1.807) is 18.4 Å². The lowest BCUT2D eigenvalue weighted by molar-refractivity contribution is 0.0939. The molecule has 1 unspecified atom stereocenters. The minimum atomic E-state index is -0.164. The van der Waals surface area contributed by atoms with Gasteiger partial charge in [0.1, 0.15) is 5.76 Å². The van der Waals surface area contributed by atoms with Crippen LogP contribution in [0.2, 0.25) is 0 Å². The molecule has 6 nitrogen and oxygen atoms in total. The Balaban J connectivity index is 1.60. The number of amides is 1. The number of nitrogens with zero attached hydrogens (tertiary/aromatic N) is 2. The number of hydrogen-bond acceptors (Lipinski definition) is 4. The van der Waals surface area contributed by atoms with Crippen LogP contribution >= 0.6 is 0 Å². The van der Waals surface area contributed by atoms with Crippen molar-refractivity contribution in [1.29, 1.82) is 0 Å². The number of aliphatic hydroxyl groups excluding tert-OH is 1. The molecule has 0 radical (unpaired) electrons. The van der Waals surface area contributed by atoms with Crippen LogP contribution in [0, 0.1) is 19.8 Å². The number of carbonyl (C=O) groups is 1. The summed E-state index contributed by atoms with van der Waals surface area (Å²) in [5, 5.41) is 16.8. The zero-order chi connectivity index (χ0) is 18.5. The molecule has 0 saturated heterocycles. The lowest BCUT2D eigenvalue weighted by atomic mass is 10.0. The van der Waals surface area contributed by atoms with Crippen LogP contribution in [-0.4, -0.2) is 33.9 Å². The number of aromatic nitrogens is 2. The van der Waals surface area contributed by atoms with Crippen molar-refractivity contribution >= 4 is 5.91 Å². The molecule has 0 aliphatic heterocycles. The number of nitrogens with one attached hydrogen (secondary N) is 1. The van der Waals surface area contributed by atoms with Gasteiger partial charge in [-0.3, -0.25) is 4.79 Å². The summed E-state index contributed by atoms with van der Waals surface area (Å²) in [7, 11) is 0. The predicted octanol–water partition coefficient (Wildman–Crippen LogP) is 2.66. The van der Waals surface area contributed by atoms with Gasteiger partial charge >= 0.3 is 0 Å². The first-order valence-electron chi connectivity index (χ1n) is 8.62. The van der Waals surface area contributed by atoms with E-state index in [9.17, 15) is 9.90 Å². The molecule has 2 N–H and O–H groups in total. The van der Waals surface area contributed by atoms with Crippen molar-refractivity contribution in [3.05, 3.63) is 71.4 Å². The van der Waals surface area contributed by atoms with E-state index in [-0.39, 0.29) is 18.4 Å². The summed E-state index contributed by atoms with van der Waals surface area (Å²) < 4.78 is 7.14. The molecule has 0 aliphatic carbocycles. The number of furan rings is 1. The topological polar surface area (TPSA) is 80.3 Å². The Kier molecular flexibility index (Phi) is 5.53. The molecule has 0 fully saturated rings. The van der Waals surface area contributed by atoms with Crippen molar-refractivity contribution in [2.45, 2.75) is 20.3 Å². The van der Waals surface area contributed by atoms with E-state index >= 15 is 0 Å². The second-order valence-electron chi connectivity index (χ2n) is 6.43. The van der Waals surface area contributed by atoms with Gasteiger partial charge in [0.15, 0.2) is 0 Å². The van der Waals surface area contributed by atoms with Gasteiger partial charge in [0.05, 0.1) is 17.6 Å². The van der Waals surface area contributed by atoms with E-state index < -0.39 is 0 Å². The minimum absolute atomic E-state index is 0.0160. The smallest absolute Gasteiger partial charge is 0.251 e. The molecule has 3 aromatic rings. The standard InChI is InChI=1S/C20H23N3O3/c1-14-10-15(2)23(22-14)18-7-5-17(6-8-18)20(25)21-12-16(13-24)11-19-4-3-9-26-19/h3-10,16,24H,11-13H2,1-2H3,(H,21,25). The van der Waals surface area contributed by atoms with Gasteiger partial charge in [-0.1, -0.05) is 0 Å². The first kappa shape index (κ1) is 17.9. The summed E-state index contributed by atoms with van der Waals surface area (Å²) in [6.07, 6.45) is 2.19. The van der Waals surface area contributed by atoms with Gasteiger partial charge in [0.25, 0.3) is 5.91 Å². The van der Waals surface area contributed by atoms with Crippen LogP contribution in [0.4, 0.5) is 0 Å². The van der Waals surface area contributed by atoms with Gasteiger partial charge in [-0.05, 0) is 56.3 Å². The largest absolute Gasteiger partial charge is 0.469 e. The number of aryl methyl sites for hydroxylation is 2. The lowest BCUT2D eigenvalue weighted by Crippen LogP contribution is -2.31. The quantitative estimate of drug-likeness (QED) is 0.684. The normalized spacial score (nSPS) is 12.1. The second-order valence-corrected chi connectivity index (χ2v) is 6.43. The van der Waals surface area contributed by atoms with E-state index in [2.05, 4.69) is 10.4 Å². The Morgan fingerprint density at radius 3 is 2.62 bits per heavy atom. The molecule has 1 atom stereocenters. The van der Waals surface area contributed by atoms with Crippen LogP contribution in [0.15, 0.2) is 53.1 Å². The molecule has 1 aromatic carbocycles. The van der Waals surface area contributed by atoms with E-state index in [4.69, 9.17) is 4.42 Å². The van der Waals surface area contributed by atoms with Crippen molar-refractivity contribution in [1.82, 2.24) is 15.1 Å². The molecule has 0 bridgehead atoms. The molecule has 0 spiro atoms. The third-order valence-electron chi connectivity index (χ3n) is 4.26. The van der Waals surface area contributed by atoms with E-state index in [0.29, 0.717) is 18.5 Å². The molecule has 26 heavy (non-hydrogen) atoms. The van der Waals surface area contributed by atoms with Gasteiger partial charge in [-0.15, -0.1) is 0 Å². The van der Waals surface area contributed by atoms with Crippen molar-refractivity contribution < 1.29 is 14.3 Å².